The zero-order chi connectivity index (χ0) is 19.3. The van der Waals surface area contributed by atoms with Crippen LogP contribution in [0.15, 0.2) is 48.7 Å². The normalized spacial score (nSPS) is 12.5. The smallest absolute Gasteiger partial charge is 0.258 e. The topological polar surface area (TPSA) is 63.2 Å². The summed E-state index contributed by atoms with van der Waals surface area (Å²) in [6.07, 6.45) is 4.91. The molecule has 1 amide bonds. The minimum atomic E-state index is -0.0629. The first kappa shape index (κ1) is 18.5. The molecule has 0 spiro atoms. The molecule has 1 aliphatic rings. The molecule has 3 aromatic rings. The largest absolute Gasteiger partial charge is 0.494 e. The highest BCUT2D eigenvalue weighted by atomic mass is 32.1. The van der Waals surface area contributed by atoms with Crippen molar-refractivity contribution in [2.75, 3.05) is 17.2 Å². The van der Waals surface area contributed by atoms with E-state index in [1.807, 2.05) is 49.4 Å². The molecule has 5 nitrogen and oxygen atoms in total. The van der Waals surface area contributed by atoms with E-state index in [1.54, 1.807) is 17.5 Å². The van der Waals surface area contributed by atoms with Gasteiger partial charge >= 0.3 is 0 Å². The molecule has 1 aromatic carbocycles. The highest BCUT2D eigenvalue weighted by Crippen LogP contribution is 2.39. The van der Waals surface area contributed by atoms with Crippen LogP contribution < -0.4 is 15.4 Å². The van der Waals surface area contributed by atoms with E-state index in [2.05, 4.69) is 15.6 Å². The Morgan fingerprint density at radius 1 is 1.18 bits per heavy atom. The number of nitrogens with zero attached hydrogens (tertiary/aromatic N) is 1. The molecule has 2 N–H and O–H groups in total. The van der Waals surface area contributed by atoms with Gasteiger partial charge in [0.1, 0.15) is 10.8 Å². The molecular weight excluding hydrogens is 370 g/mol. The van der Waals surface area contributed by atoms with E-state index in [0.29, 0.717) is 13.2 Å². The van der Waals surface area contributed by atoms with E-state index in [1.165, 1.54) is 10.4 Å². The first-order chi connectivity index (χ1) is 13.7. The van der Waals surface area contributed by atoms with Crippen LogP contribution in [0.3, 0.4) is 0 Å². The molecule has 0 fully saturated rings. The highest BCUT2D eigenvalue weighted by molar-refractivity contribution is 7.16. The number of pyridine rings is 1. The van der Waals surface area contributed by atoms with Gasteiger partial charge in [0.15, 0.2) is 0 Å². The van der Waals surface area contributed by atoms with Gasteiger partial charge in [-0.25, -0.2) is 0 Å². The van der Waals surface area contributed by atoms with Gasteiger partial charge in [-0.1, -0.05) is 6.07 Å². The fourth-order valence-electron chi connectivity index (χ4n) is 3.44. The van der Waals surface area contributed by atoms with Crippen molar-refractivity contribution in [1.82, 2.24) is 4.98 Å². The van der Waals surface area contributed by atoms with Crippen molar-refractivity contribution >= 4 is 27.9 Å². The van der Waals surface area contributed by atoms with Gasteiger partial charge < -0.3 is 15.4 Å². The maximum absolute atomic E-state index is 13.1. The number of anilines is 2. The van der Waals surface area contributed by atoms with Gasteiger partial charge in [-0.3, -0.25) is 9.78 Å². The molecule has 0 saturated heterocycles. The van der Waals surface area contributed by atoms with E-state index in [9.17, 15) is 4.79 Å². The number of aryl methyl sites for hydroxylation is 1. The third-order valence-electron chi connectivity index (χ3n) is 4.73. The summed E-state index contributed by atoms with van der Waals surface area (Å²) in [5, 5.41) is 7.39. The van der Waals surface area contributed by atoms with Crippen molar-refractivity contribution in [3.63, 3.8) is 0 Å². The van der Waals surface area contributed by atoms with Gasteiger partial charge in [-0.15, -0.1) is 11.3 Å². The lowest BCUT2D eigenvalue weighted by atomic mass is 10.1. The van der Waals surface area contributed by atoms with Crippen LogP contribution in [-0.4, -0.2) is 17.5 Å². The van der Waals surface area contributed by atoms with E-state index >= 15 is 0 Å². The number of hydrogen-bond donors (Lipinski definition) is 2. The molecule has 0 aliphatic heterocycles. The lowest BCUT2D eigenvalue weighted by Crippen LogP contribution is -2.15. The van der Waals surface area contributed by atoms with Crippen molar-refractivity contribution in [3.8, 4) is 5.75 Å². The molecule has 0 radical (unpaired) electrons. The highest BCUT2D eigenvalue weighted by Gasteiger charge is 2.26. The molecule has 28 heavy (non-hydrogen) atoms. The van der Waals surface area contributed by atoms with Gasteiger partial charge in [-0.2, -0.15) is 0 Å². The summed E-state index contributed by atoms with van der Waals surface area (Å²) in [5.41, 5.74) is 3.69. The molecular formula is C22H23N3O2S. The summed E-state index contributed by atoms with van der Waals surface area (Å²) in [5.74, 6) is 0.738. The van der Waals surface area contributed by atoms with Crippen molar-refractivity contribution in [2.45, 2.75) is 32.7 Å². The summed E-state index contributed by atoms with van der Waals surface area (Å²) in [7, 11) is 0. The maximum Gasteiger partial charge on any atom is 0.258 e. The second-order valence-electron chi connectivity index (χ2n) is 6.65. The van der Waals surface area contributed by atoms with Gasteiger partial charge in [0.2, 0.25) is 0 Å². The zero-order valence-electron chi connectivity index (χ0n) is 15.8. The van der Waals surface area contributed by atoms with Crippen LogP contribution in [0, 0.1) is 0 Å². The molecule has 6 heteroatoms. The predicted octanol–water partition coefficient (Wildman–Crippen LogP) is 4.89. The van der Waals surface area contributed by atoms with Crippen molar-refractivity contribution in [3.05, 3.63) is 70.4 Å². The van der Waals surface area contributed by atoms with Crippen molar-refractivity contribution < 1.29 is 9.53 Å². The first-order valence-corrected chi connectivity index (χ1v) is 10.4. The molecule has 144 valence electrons. The number of hydrogen-bond acceptors (Lipinski definition) is 5. The number of benzene rings is 1. The lowest BCUT2D eigenvalue weighted by molar-refractivity contribution is 0.102. The third kappa shape index (κ3) is 4.02. The number of carbonyl (C=O) groups is 1. The summed E-state index contributed by atoms with van der Waals surface area (Å²) >= 11 is 1.70. The Bertz CT molecular complexity index is 952. The SMILES string of the molecule is CCOc1ccc(NC(=O)c2c(NCc3ccccn3)sc3c2CCC3)cc1. The molecule has 0 atom stereocenters. The average Bonchev–Trinajstić information content (AvgIpc) is 3.29. The number of amides is 1. The van der Waals surface area contributed by atoms with Gasteiger partial charge in [0.25, 0.3) is 5.91 Å². The fraction of sp³-hybridized carbons (Fsp3) is 0.273. The predicted molar refractivity (Wildman–Crippen MR) is 113 cm³/mol. The second-order valence-corrected chi connectivity index (χ2v) is 7.75. The number of nitrogens with one attached hydrogen (secondary N) is 2. The van der Waals surface area contributed by atoms with Crippen LogP contribution in [0.4, 0.5) is 10.7 Å². The van der Waals surface area contributed by atoms with Crippen LogP contribution in [0.1, 0.15) is 39.8 Å². The number of thiophene rings is 1. The van der Waals surface area contributed by atoms with E-state index in [-0.39, 0.29) is 5.91 Å². The molecule has 4 rings (SSSR count). The molecule has 0 unspecified atom stereocenters. The van der Waals surface area contributed by atoms with Crippen molar-refractivity contribution in [1.29, 1.82) is 0 Å². The number of aromatic nitrogens is 1. The second kappa shape index (κ2) is 8.44. The zero-order valence-corrected chi connectivity index (χ0v) is 16.6. The Morgan fingerprint density at radius 2 is 2.04 bits per heavy atom. The molecule has 1 aliphatic carbocycles. The average molecular weight is 394 g/mol. The monoisotopic (exact) mass is 393 g/mol. The number of carbonyl (C=O) groups excluding carboxylic acids is 1. The van der Waals surface area contributed by atoms with Gasteiger partial charge in [-0.05, 0) is 68.1 Å². The first-order valence-electron chi connectivity index (χ1n) is 9.57. The summed E-state index contributed by atoms with van der Waals surface area (Å²) in [6.45, 7) is 3.17. The van der Waals surface area contributed by atoms with Crippen LogP contribution in [-0.2, 0) is 19.4 Å². The van der Waals surface area contributed by atoms with Crippen LogP contribution >= 0.6 is 11.3 Å². The van der Waals surface area contributed by atoms with E-state index in [0.717, 1.165) is 47.0 Å². The Morgan fingerprint density at radius 3 is 2.79 bits per heavy atom. The van der Waals surface area contributed by atoms with Crippen LogP contribution in [0.2, 0.25) is 0 Å². The minimum absolute atomic E-state index is 0.0629. The minimum Gasteiger partial charge on any atom is -0.494 e. The maximum atomic E-state index is 13.1. The van der Waals surface area contributed by atoms with Crippen molar-refractivity contribution in [2.24, 2.45) is 0 Å². The molecule has 0 saturated carbocycles. The number of fused-ring (bicyclic) bond motifs is 1. The summed E-state index contributed by atoms with van der Waals surface area (Å²) in [6, 6.07) is 13.3. The Labute approximate surface area is 168 Å². The van der Waals surface area contributed by atoms with Crippen LogP contribution in [0.25, 0.3) is 0 Å². The molecule has 2 aromatic heterocycles. The van der Waals surface area contributed by atoms with Gasteiger partial charge in [0, 0.05) is 16.8 Å². The molecule has 2 heterocycles. The quantitative estimate of drug-likeness (QED) is 0.600. The number of ether oxygens (including phenoxy) is 1. The molecule has 0 bridgehead atoms. The Kier molecular flexibility index (Phi) is 5.58. The Hall–Kier alpha value is -2.86. The van der Waals surface area contributed by atoms with E-state index in [4.69, 9.17) is 4.74 Å². The Balaban J connectivity index is 1.53. The summed E-state index contributed by atoms with van der Waals surface area (Å²) in [4.78, 5) is 18.8. The summed E-state index contributed by atoms with van der Waals surface area (Å²) < 4.78 is 5.46. The van der Waals surface area contributed by atoms with Crippen LogP contribution in [0.5, 0.6) is 5.75 Å². The van der Waals surface area contributed by atoms with Gasteiger partial charge in [0.05, 0.1) is 24.4 Å². The fourth-order valence-corrected chi connectivity index (χ4v) is 4.72. The lowest BCUT2D eigenvalue weighted by Gasteiger charge is -2.11. The standard InChI is InChI=1S/C22H23N3O2S/c1-2-27-17-11-9-15(10-12-17)25-21(26)20-18-7-5-8-19(18)28-22(20)24-14-16-6-3-4-13-23-16/h3-4,6,9-13,24H,2,5,7-8,14H2,1H3,(H,25,26). The number of rotatable bonds is 7. The third-order valence-corrected chi connectivity index (χ3v) is 5.98. The van der Waals surface area contributed by atoms with E-state index < -0.39 is 0 Å².